The summed E-state index contributed by atoms with van der Waals surface area (Å²) in [5, 5.41) is 2.61. The first kappa shape index (κ1) is 19.3. The van der Waals surface area contributed by atoms with Gasteiger partial charge in [0.2, 0.25) is 0 Å². The SMILES string of the molecule is CCOP(=O)(OCC)C1(NCC(C)C)c2ccccc2-c2ccccc21. The monoisotopic (exact) mass is 373 g/mol. The highest BCUT2D eigenvalue weighted by Gasteiger charge is 2.58. The Labute approximate surface area is 156 Å². The maximum Gasteiger partial charge on any atom is 0.359 e. The molecule has 1 N–H and O–H groups in total. The molecule has 0 aliphatic heterocycles. The van der Waals surface area contributed by atoms with Crippen LogP contribution in [0.1, 0.15) is 38.8 Å². The van der Waals surface area contributed by atoms with Crippen molar-refractivity contribution >= 4 is 7.60 Å². The van der Waals surface area contributed by atoms with Crippen LogP contribution < -0.4 is 5.32 Å². The molecule has 0 heterocycles. The van der Waals surface area contributed by atoms with E-state index in [9.17, 15) is 4.57 Å². The van der Waals surface area contributed by atoms with Crippen molar-refractivity contribution in [2.75, 3.05) is 19.8 Å². The fraction of sp³-hybridized carbons (Fsp3) is 0.429. The third-order valence-electron chi connectivity index (χ3n) is 4.70. The van der Waals surface area contributed by atoms with Gasteiger partial charge in [0.05, 0.1) is 13.2 Å². The molecule has 0 bridgehead atoms. The molecule has 5 heteroatoms. The number of hydrogen-bond donors (Lipinski definition) is 1. The van der Waals surface area contributed by atoms with Gasteiger partial charge in [-0.05, 0) is 48.6 Å². The van der Waals surface area contributed by atoms with Gasteiger partial charge in [-0.15, -0.1) is 0 Å². The molecule has 3 rings (SSSR count). The van der Waals surface area contributed by atoms with Crippen molar-refractivity contribution in [2.24, 2.45) is 5.92 Å². The molecule has 0 atom stereocenters. The molecule has 4 nitrogen and oxygen atoms in total. The summed E-state index contributed by atoms with van der Waals surface area (Å²) < 4.78 is 25.9. The van der Waals surface area contributed by atoms with E-state index in [1.807, 2.05) is 50.2 Å². The van der Waals surface area contributed by atoms with Crippen LogP contribution in [0.25, 0.3) is 11.1 Å². The summed E-state index contributed by atoms with van der Waals surface area (Å²) in [4.78, 5) is 0. The zero-order chi connectivity index (χ0) is 18.8. The summed E-state index contributed by atoms with van der Waals surface area (Å²) in [5.74, 6) is 0.392. The molecule has 1 aliphatic rings. The minimum Gasteiger partial charge on any atom is -0.307 e. The van der Waals surface area contributed by atoms with Crippen molar-refractivity contribution in [3.8, 4) is 11.1 Å². The highest BCUT2D eigenvalue weighted by molar-refractivity contribution is 7.55. The van der Waals surface area contributed by atoms with E-state index in [-0.39, 0.29) is 0 Å². The van der Waals surface area contributed by atoms with Crippen LogP contribution in [0, 0.1) is 5.92 Å². The smallest absolute Gasteiger partial charge is 0.307 e. The van der Waals surface area contributed by atoms with E-state index in [0.29, 0.717) is 25.7 Å². The van der Waals surface area contributed by atoms with Crippen LogP contribution in [-0.2, 0) is 18.9 Å². The van der Waals surface area contributed by atoms with E-state index in [2.05, 4.69) is 31.3 Å². The first-order chi connectivity index (χ1) is 12.5. The molecule has 0 spiro atoms. The number of nitrogens with one attached hydrogen (secondary N) is 1. The van der Waals surface area contributed by atoms with Crippen molar-refractivity contribution in [2.45, 2.75) is 33.0 Å². The lowest BCUT2D eigenvalue weighted by Gasteiger charge is -2.39. The Morgan fingerprint density at radius 3 is 1.81 bits per heavy atom. The Morgan fingerprint density at radius 1 is 0.923 bits per heavy atom. The largest absolute Gasteiger partial charge is 0.359 e. The van der Waals surface area contributed by atoms with Crippen molar-refractivity contribution in [3.05, 3.63) is 59.7 Å². The van der Waals surface area contributed by atoms with Crippen LogP contribution in [0.5, 0.6) is 0 Å². The van der Waals surface area contributed by atoms with Crippen molar-refractivity contribution in [1.29, 1.82) is 0 Å². The van der Waals surface area contributed by atoms with Gasteiger partial charge in [0.15, 0.2) is 5.28 Å². The van der Waals surface area contributed by atoms with Crippen LogP contribution in [-0.4, -0.2) is 19.8 Å². The molecule has 0 aromatic heterocycles. The van der Waals surface area contributed by atoms with Gasteiger partial charge in [-0.2, -0.15) is 0 Å². The summed E-state index contributed by atoms with van der Waals surface area (Å²) >= 11 is 0. The van der Waals surface area contributed by atoms with Crippen LogP contribution in [0.15, 0.2) is 48.5 Å². The molecular formula is C21H28NO3P. The Bertz CT molecular complexity index is 763. The minimum absolute atomic E-state index is 0.326. The van der Waals surface area contributed by atoms with Crippen LogP contribution in [0.3, 0.4) is 0 Å². The fourth-order valence-electron chi connectivity index (χ4n) is 3.72. The topological polar surface area (TPSA) is 47.6 Å². The quantitative estimate of drug-likeness (QED) is 0.631. The van der Waals surface area contributed by atoms with Gasteiger partial charge in [-0.25, -0.2) is 0 Å². The van der Waals surface area contributed by atoms with Crippen molar-refractivity contribution < 1.29 is 13.6 Å². The first-order valence-electron chi connectivity index (χ1n) is 9.33. The summed E-state index contributed by atoms with van der Waals surface area (Å²) in [7, 11) is -3.53. The lowest BCUT2D eigenvalue weighted by Crippen LogP contribution is -2.44. The fourth-order valence-corrected chi connectivity index (χ4v) is 6.12. The molecule has 0 radical (unpaired) electrons. The van der Waals surface area contributed by atoms with Gasteiger partial charge in [-0.3, -0.25) is 9.88 Å². The number of benzene rings is 2. The highest BCUT2D eigenvalue weighted by Crippen LogP contribution is 2.70. The standard InChI is InChI=1S/C21H28NO3P/c1-5-24-26(23,25-6-2)21(22-15-16(3)4)19-13-9-7-11-17(19)18-12-8-10-14-20(18)21/h7-14,16,22H,5-6,15H2,1-4H3. The Morgan fingerprint density at radius 2 is 1.38 bits per heavy atom. The molecule has 0 fully saturated rings. The molecule has 0 amide bonds. The molecule has 1 aliphatic carbocycles. The van der Waals surface area contributed by atoms with Gasteiger partial charge in [0.1, 0.15) is 0 Å². The summed E-state index contributed by atoms with van der Waals surface area (Å²) in [6, 6.07) is 16.2. The zero-order valence-electron chi connectivity index (χ0n) is 16.0. The predicted octanol–water partition coefficient (Wildman–Crippen LogP) is 5.38. The lowest BCUT2D eigenvalue weighted by atomic mass is 10.0. The summed E-state index contributed by atoms with van der Waals surface area (Å²) in [6.45, 7) is 9.34. The van der Waals surface area contributed by atoms with Crippen molar-refractivity contribution in [1.82, 2.24) is 5.32 Å². The maximum absolute atomic E-state index is 14.2. The van der Waals surface area contributed by atoms with Crippen molar-refractivity contribution in [3.63, 3.8) is 0 Å². The first-order valence-corrected chi connectivity index (χ1v) is 10.9. The molecule has 2 aromatic rings. The van der Waals surface area contributed by atoms with E-state index >= 15 is 0 Å². The van der Waals surface area contributed by atoms with Crippen LogP contribution >= 0.6 is 7.60 Å². The molecule has 0 unspecified atom stereocenters. The Balaban J connectivity index is 2.32. The Hall–Kier alpha value is -1.45. The van der Waals surface area contributed by atoms with E-state index in [4.69, 9.17) is 9.05 Å². The van der Waals surface area contributed by atoms with Crippen LogP contribution in [0.2, 0.25) is 0 Å². The molecular weight excluding hydrogens is 345 g/mol. The highest BCUT2D eigenvalue weighted by atomic mass is 31.2. The zero-order valence-corrected chi connectivity index (χ0v) is 16.9. The van der Waals surface area contributed by atoms with E-state index in [0.717, 1.165) is 22.3 Å². The summed E-state index contributed by atoms with van der Waals surface area (Å²) in [6.07, 6.45) is 0. The molecule has 0 saturated heterocycles. The summed E-state index contributed by atoms with van der Waals surface area (Å²) in [5.41, 5.74) is 4.09. The lowest BCUT2D eigenvalue weighted by molar-refractivity contribution is 0.193. The van der Waals surface area contributed by atoms with E-state index < -0.39 is 12.9 Å². The van der Waals surface area contributed by atoms with Gasteiger partial charge in [0.25, 0.3) is 0 Å². The maximum atomic E-state index is 14.2. The van der Waals surface area contributed by atoms with E-state index in [1.54, 1.807) is 0 Å². The predicted molar refractivity (Wildman–Crippen MR) is 106 cm³/mol. The third-order valence-corrected chi connectivity index (χ3v) is 7.36. The number of rotatable bonds is 8. The van der Waals surface area contributed by atoms with Gasteiger partial charge >= 0.3 is 7.60 Å². The average Bonchev–Trinajstić information content (AvgIpc) is 2.92. The molecule has 26 heavy (non-hydrogen) atoms. The normalized spacial score (nSPS) is 15.1. The van der Waals surface area contributed by atoms with E-state index in [1.165, 1.54) is 0 Å². The Kier molecular flexibility index (Phi) is 5.69. The number of hydrogen-bond acceptors (Lipinski definition) is 4. The van der Waals surface area contributed by atoms with Gasteiger partial charge in [0, 0.05) is 0 Å². The molecule has 0 saturated carbocycles. The van der Waals surface area contributed by atoms with Gasteiger partial charge in [-0.1, -0.05) is 62.4 Å². The van der Waals surface area contributed by atoms with Crippen LogP contribution in [0.4, 0.5) is 0 Å². The second-order valence-corrected chi connectivity index (χ2v) is 9.09. The van der Waals surface area contributed by atoms with Gasteiger partial charge < -0.3 is 9.05 Å². The second-order valence-electron chi connectivity index (χ2n) is 6.91. The third kappa shape index (κ3) is 2.95. The molecule has 140 valence electrons. The average molecular weight is 373 g/mol. The molecule has 2 aromatic carbocycles. The number of fused-ring (bicyclic) bond motifs is 3. The minimum atomic E-state index is -3.53. The second kappa shape index (κ2) is 7.66.